The lowest BCUT2D eigenvalue weighted by Crippen LogP contribution is -2.25. The molecule has 3 N–H and O–H groups in total. The van der Waals surface area contributed by atoms with Crippen LogP contribution in [0.1, 0.15) is 28.9 Å². The second kappa shape index (κ2) is 9.28. The van der Waals surface area contributed by atoms with Crippen LogP contribution in [0.15, 0.2) is 12.3 Å². The number of ether oxygens (including phenoxy) is 2. The first-order valence-corrected chi connectivity index (χ1v) is 6.72. The highest BCUT2D eigenvalue weighted by molar-refractivity contribution is 5.95. The van der Waals surface area contributed by atoms with Crippen molar-refractivity contribution >= 4 is 11.6 Å². The minimum atomic E-state index is -0.136. The lowest BCUT2D eigenvalue weighted by atomic mass is 10.2. The molecule has 112 valence electrons. The summed E-state index contributed by atoms with van der Waals surface area (Å²) < 4.78 is 10.2. The van der Waals surface area contributed by atoms with Crippen molar-refractivity contribution in [2.24, 2.45) is 0 Å². The molecule has 0 aliphatic rings. The number of aromatic nitrogens is 1. The van der Waals surface area contributed by atoms with Gasteiger partial charge in [-0.2, -0.15) is 0 Å². The Morgan fingerprint density at radius 3 is 2.90 bits per heavy atom. The first-order valence-electron chi connectivity index (χ1n) is 6.72. The summed E-state index contributed by atoms with van der Waals surface area (Å²) in [7, 11) is 1.64. The third-order valence-electron chi connectivity index (χ3n) is 2.79. The Bertz CT molecular complexity index is 424. The van der Waals surface area contributed by atoms with Crippen molar-refractivity contribution < 1.29 is 14.3 Å². The van der Waals surface area contributed by atoms with E-state index in [0.717, 1.165) is 12.8 Å². The standard InChI is InChI=1S/C14H23N3O3/c1-11-13(9-12(15)10-17-11)14(18)16-5-3-4-6-20-8-7-19-2/h9-10H,3-8,15H2,1-2H3,(H,16,18). The van der Waals surface area contributed by atoms with Gasteiger partial charge in [0.1, 0.15) is 0 Å². The van der Waals surface area contributed by atoms with Gasteiger partial charge >= 0.3 is 0 Å². The summed E-state index contributed by atoms with van der Waals surface area (Å²) in [5.74, 6) is -0.136. The van der Waals surface area contributed by atoms with Crippen molar-refractivity contribution in [3.05, 3.63) is 23.5 Å². The maximum Gasteiger partial charge on any atom is 0.253 e. The highest BCUT2D eigenvalue weighted by Gasteiger charge is 2.09. The molecule has 1 heterocycles. The van der Waals surface area contributed by atoms with Gasteiger partial charge in [0, 0.05) is 20.3 Å². The molecule has 0 aliphatic carbocycles. The number of amides is 1. The number of rotatable bonds is 9. The van der Waals surface area contributed by atoms with E-state index >= 15 is 0 Å². The predicted molar refractivity (Wildman–Crippen MR) is 77.6 cm³/mol. The van der Waals surface area contributed by atoms with E-state index in [0.29, 0.717) is 43.3 Å². The van der Waals surface area contributed by atoms with Gasteiger partial charge in [0.25, 0.3) is 5.91 Å². The topological polar surface area (TPSA) is 86.5 Å². The Hall–Kier alpha value is -1.66. The summed E-state index contributed by atoms with van der Waals surface area (Å²) in [6.45, 7) is 4.30. The minimum Gasteiger partial charge on any atom is -0.397 e. The average Bonchev–Trinajstić information content (AvgIpc) is 2.44. The summed E-state index contributed by atoms with van der Waals surface area (Å²) >= 11 is 0. The van der Waals surface area contributed by atoms with E-state index in [1.54, 1.807) is 26.3 Å². The predicted octanol–water partition coefficient (Wildman–Crippen LogP) is 1.15. The van der Waals surface area contributed by atoms with Gasteiger partial charge in [0.15, 0.2) is 0 Å². The maximum atomic E-state index is 11.9. The number of nitrogens with zero attached hydrogens (tertiary/aromatic N) is 1. The molecule has 1 amide bonds. The number of unbranched alkanes of at least 4 members (excludes halogenated alkanes) is 1. The van der Waals surface area contributed by atoms with Gasteiger partial charge < -0.3 is 20.5 Å². The van der Waals surface area contributed by atoms with Crippen LogP contribution in [0, 0.1) is 6.92 Å². The molecule has 6 heteroatoms. The van der Waals surface area contributed by atoms with Gasteiger partial charge in [0.05, 0.1) is 36.4 Å². The third kappa shape index (κ3) is 5.99. The fraction of sp³-hybridized carbons (Fsp3) is 0.571. The molecule has 0 radical (unpaired) electrons. The van der Waals surface area contributed by atoms with E-state index < -0.39 is 0 Å². The molecule has 1 aromatic rings. The van der Waals surface area contributed by atoms with Crippen molar-refractivity contribution in [2.75, 3.05) is 39.2 Å². The Kier molecular flexibility index (Phi) is 7.60. The number of nitrogen functional groups attached to an aromatic ring is 1. The van der Waals surface area contributed by atoms with E-state index in [9.17, 15) is 4.79 Å². The molecule has 0 aliphatic heterocycles. The molecule has 0 saturated carbocycles. The van der Waals surface area contributed by atoms with Crippen molar-refractivity contribution in [3.8, 4) is 0 Å². The van der Waals surface area contributed by atoms with Gasteiger partial charge in [-0.1, -0.05) is 0 Å². The van der Waals surface area contributed by atoms with Gasteiger partial charge in [-0.15, -0.1) is 0 Å². The second-order valence-electron chi connectivity index (χ2n) is 4.47. The number of anilines is 1. The number of aryl methyl sites for hydroxylation is 1. The van der Waals surface area contributed by atoms with E-state index in [4.69, 9.17) is 15.2 Å². The summed E-state index contributed by atoms with van der Waals surface area (Å²) in [6, 6.07) is 1.64. The van der Waals surface area contributed by atoms with Gasteiger partial charge in [-0.05, 0) is 25.8 Å². The van der Waals surface area contributed by atoms with Crippen LogP contribution >= 0.6 is 0 Å². The van der Waals surface area contributed by atoms with Crippen LogP contribution in [0.4, 0.5) is 5.69 Å². The van der Waals surface area contributed by atoms with Gasteiger partial charge in [-0.3, -0.25) is 9.78 Å². The zero-order valence-electron chi connectivity index (χ0n) is 12.1. The van der Waals surface area contributed by atoms with Crippen LogP contribution in [0.3, 0.4) is 0 Å². The Morgan fingerprint density at radius 1 is 1.35 bits per heavy atom. The summed E-state index contributed by atoms with van der Waals surface area (Å²) in [4.78, 5) is 16.0. The third-order valence-corrected chi connectivity index (χ3v) is 2.79. The Morgan fingerprint density at radius 2 is 2.15 bits per heavy atom. The van der Waals surface area contributed by atoms with Crippen molar-refractivity contribution in [3.63, 3.8) is 0 Å². The first-order chi connectivity index (χ1) is 9.65. The summed E-state index contributed by atoms with van der Waals surface area (Å²) in [5.41, 5.74) is 7.33. The fourth-order valence-electron chi connectivity index (χ4n) is 1.65. The molecule has 0 unspecified atom stereocenters. The second-order valence-corrected chi connectivity index (χ2v) is 4.47. The van der Waals surface area contributed by atoms with E-state index in [1.807, 2.05) is 0 Å². The maximum absolute atomic E-state index is 11.9. The molecule has 0 bridgehead atoms. The average molecular weight is 281 g/mol. The van der Waals surface area contributed by atoms with Crippen LogP contribution in [0.25, 0.3) is 0 Å². The minimum absolute atomic E-state index is 0.136. The molecular formula is C14H23N3O3. The number of pyridine rings is 1. The lowest BCUT2D eigenvalue weighted by Gasteiger charge is -2.08. The van der Waals surface area contributed by atoms with Crippen LogP contribution < -0.4 is 11.1 Å². The monoisotopic (exact) mass is 281 g/mol. The molecule has 20 heavy (non-hydrogen) atoms. The molecule has 0 aromatic carbocycles. The highest BCUT2D eigenvalue weighted by atomic mass is 16.5. The SMILES string of the molecule is COCCOCCCCNC(=O)c1cc(N)cnc1C. The molecule has 0 fully saturated rings. The van der Waals surface area contributed by atoms with E-state index in [1.165, 1.54) is 0 Å². The van der Waals surface area contributed by atoms with Crippen molar-refractivity contribution in [1.82, 2.24) is 10.3 Å². The highest BCUT2D eigenvalue weighted by Crippen LogP contribution is 2.09. The lowest BCUT2D eigenvalue weighted by molar-refractivity contribution is 0.0686. The Balaban J connectivity index is 2.18. The summed E-state index contributed by atoms with van der Waals surface area (Å²) in [5, 5.41) is 2.85. The van der Waals surface area contributed by atoms with Gasteiger partial charge in [-0.25, -0.2) is 0 Å². The molecule has 0 spiro atoms. The van der Waals surface area contributed by atoms with Crippen molar-refractivity contribution in [1.29, 1.82) is 0 Å². The molecule has 6 nitrogen and oxygen atoms in total. The molecule has 0 atom stereocenters. The normalized spacial score (nSPS) is 10.5. The number of carbonyl (C=O) groups is 1. The number of hydrogen-bond donors (Lipinski definition) is 2. The van der Waals surface area contributed by atoms with E-state index in [-0.39, 0.29) is 5.91 Å². The molecule has 1 rings (SSSR count). The number of methoxy groups -OCH3 is 1. The van der Waals surface area contributed by atoms with Crippen LogP contribution in [-0.2, 0) is 9.47 Å². The van der Waals surface area contributed by atoms with Gasteiger partial charge in [0.2, 0.25) is 0 Å². The number of carbonyl (C=O) groups excluding carboxylic acids is 1. The molecule has 0 saturated heterocycles. The number of nitrogens with two attached hydrogens (primary N) is 1. The summed E-state index contributed by atoms with van der Waals surface area (Å²) in [6.07, 6.45) is 3.31. The largest absolute Gasteiger partial charge is 0.397 e. The van der Waals surface area contributed by atoms with Crippen LogP contribution in [0.2, 0.25) is 0 Å². The zero-order chi connectivity index (χ0) is 14.8. The fourth-order valence-corrected chi connectivity index (χ4v) is 1.65. The number of nitrogens with one attached hydrogen (secondary N) is 1. The zero-order valence-corrected chi connectivity index (χ0v) is 12.1. The van der Waals surface area contributed by atoms with Crippen LogP contribution in [-0.4, -0.2) is 44.4 Å². The first kappa shape index (κ1) is 16.4. The van der Waals surface area contributed by atoms with Crippen LogP contribution in [0.5, 0.6) is 0 Å². The van der Waals surface area contributed by atoms with Crippen molar-refractivity contribution in [2.45, 2.75) is 19.8 Å². The smallest absolute Gasteiger partial charge is 0.253 e. The molecule has 1 aromatic heterocycles. The number of hydrogen-bond acceptors (Lipinski definition) is 5. The molecular weight excluding hydrogens is 258 g/mol. The van der Waals surface area contributed by atoms with E-state index in [2.05, 4.69) is 10.3 Å². The Labute approximate surface area is 119 Å². The quantitative estimate of drug-likeness (QED) is 0.663.